The molecule has 0 radical (unpaired) electrons. The number of ether oxygens (including phenoxy) is 1. The van der Waals surface area contributed by atoms with Gasteiger partial charge in [-0.3, -0.25) is 20.0 Å². The molecule has 0 bridgehead atoms. The molecule has 2 aromatic heterocycles. The number of hydrogen-bond donors (Lipinski definition) is 2. The molecule has 0 unspecified atom stereocenters. The zero-order chi connectivity index (χ0) is 27.1. The summed E-state index contributed by atoms with van der Waals surface area (Å²) >= 11 is 6.04. The highest BCUT2D eigenvalue weighted by Crippen LogP contribution is 2.46. The van der Waals surface area contributed by atoms with Crippen molar-refractivity contribution in [2.45, 2.75) is 37.5 Å². The fraction of sp³-hybridized carbons (Fsp3) is 0.370. The Morgan fingerprint density at radius 3 is 2.92 bits per heavy atom. The predicted molar refractivity (Wildman–Crippen MR) is 142 cm³/mol. The van der Waals surface area contributed by atoms with Crippen molar-refractivity contribution >= 4 is 35.1 Å². The first kappa shape index (κ1) is 25.4. The second-order valence-corrected chi connectivity index (χ2v) is 10.6. The van der Waals surface area contributed by atoms with Crippen LogP contribution in [-0.2, 0) is 16.9 Å². The quantitative estimate of drug-likeness (QED) is 0.489. The van der Waals surface area contributed by atoms with Crippen LogP contribution in [0.3, 0.4) is 0 Å². The molecule has 0 saturated carbocycles. The lowest BCUT2D eigenvalue weighted by Gasteiger charge is -2.35. The molecule has 3 aliphatic rings. The number of carbonyl (C=O) groups is 2. The average molecular weight is 552 g/mol. The third-order valence-corrected chi connectivity index (χ3v) is 7.99. The van der Waals surface area contributed by atoms with E-state index in [0.717, 1.165) is 24.2 Å². The maximum Gasteiger partial charge on any atom is 0.412 e. The van der Waals surface area contributed by atoms with E-state index in [9.17, 15) is 9.59 Å². The maximum absolute atomic E-state index is 15.1. The molecule has 2 amide bonds. The lowest BCUT2D eigenvalue weighted by atomic mass is 9.89. The van der Waals surface area contributed by atoms with E-state index >= 15 is 4.39 Å². The number of amides is 2. The van der Waals surface area contributed by atoms with E-state index in [1.54, 1.807) is 18.3 Å². The van der Waals surface area contributed by atoms with E-state index in [1.165, 1.54) is 18.7 Å². The first-order chi connectivity index (χ1) is 18.8. The number of pyridine rings is 1. The molecule has 1 aromatic carbocycles. The summed E-state index contributed by atoms with van der Waals surface area (Å²) in [5.41, 5.74) is 1.56. The van der Waals surface area contributed by atoms with Gasteiger partial charge in [-0.05, 0) is 56.3 Å². The van der Waals surface area contributed by atoms with Gasteiger partial charge in [-0.25, -0.2) is 9.18 Å². The van der Waals surface area contributed by atoms with Crippen molar-refractivity contribution in [3.05, 3.63) is 75.9 Å². The van der Waals surface area contributed by atoms with E-state index in [2.05, 4.69) is 37.8 Å². The molecule has 6 rings (SSSR count). The number of halogens is 2. The number of hydrogen-bond acceptors (Lipinski definition) is 8. The predicted octanol–water partition coefficient (Wildman–Crippen LogP) is 4.03. The normalized spacial score (nSPS) is 22.5. The highest BCUT2D eigenvalue weighted by atomic mass is 35.5. The smallest absolute Gasteiger partial charge is 0.412 e. The van der Waals surface area contributed by atoms with E-state index in [0.29, 0.717) is 42.6 Å². The molecule has 0 aliphatic carbocycles. The number of nitrogens with one attached hydrogen (secondary N) is 2. The molecule has 3 aromatic rings. The van der Waals surface area contributed by atoms with E-state index in [4.69, 9.17) is 16.3 Å². The third-order valence-electron chi connectivity index (χ3n) is 7.70. The van der Waals surface area contributed by atoms with Gasteiger partial charge in [0.2, 0.25) is 0 Å². The molecule has 12 heteroatoms. The molecular formula is C27H27ClFN7O3. The van der Waals surface area contributed by atoms with Gasteiger partial charge in [-0.2, -0.15) is 5.10 Å². The highest BCUT2D eigenvalue weighted by molar-refractivity contribution is 6.31. The van der Waals surface area contributed by atoms with Crippen molar-refractivity contribution in [1.29, 1.82) is 0 Å². The largest absolute Gasteiger partial charge is 0.436 e. The number of fused-ring (bicyclic) bond motifs is 2. The first-order valence-corrected chi connectivity index (χ1v) is 13.2. The molecule has 1 spiro atoms. The Bertz CT molecular complexity index is 1440. The summed E-state index contributed by atoms with van der Waals surface area (Å²) in [6.45, 7) is 1.94. The molecule has 2 fully saturated rings. The van der Waals surface area contributed by atoms with Gasteiger partial charge in [-0.15, -0.1) is 5.10 Å². The Hall–Kier alpha value is -3.83. The van der Waals surface area contributed by atoms with Crippen LogP contribution in [0, 0.1) is 5.82 Å². The molecule has 10 nitrogen and oxygen atoms in total. The summed E-state index contributed by atoms with van der Waals surface area (Å²) in [4.78, 5) is 33.9. The SMILES string of the molecule is CN1CCC[C@H]1c1ccc(CNC(=O)c2cnnc(N3CC[C@]4(C3)OC(=O)Nc3ccc(Cl)c(F)c34)c2)cn1. The molecule has 2 saturated heterocycles. The topological polar surface area (TPSA) is 113 Å². The second kappa shape index (κ2) is 10.0. The average Bonchev–Trinajstić information content (AvgIpc) is 3.56. The van der Waals surface area contributed by atoms with Crippen molar-refractivity contribution in [1.82, 2.24) is 25.4 Å². The Kier molecular flexibility index (Phi) is 6.56. The minimum absolute atomic E-state index is 0.0551. The first-order valence-electron chi connectivity index (χ1n) is 12.8. The van der Waals surface area contributed by atoms with Crippen molar-refractivity contribution in [2.24, 2.45) is 0 Å². The Labute approximate surface area is 229 Å². The summed E-state index contributed by atoms with van der Waals surface area (Å²) in [7, 11) is 2.11. The van der Waals surface area contributed by atoms with Gasteiger partial charge >= 0.3 is 6.09 Å². The molecular weight excluding hydrogens is 525 g/mol. The van der Waals surface area contributed by atoms with Gasteiger partial charge in [-0.1, -0.05) is 17.7 Å². The van der Waals surface area contributed by atoms with Crippen LogP contribution in [0.25, 0.3) is 0 Å². The van der Waals surface area contributed by atoms with Gasteiger partial charge < -0.3 is 15.0 Å². The highest BCUT2D eigenvalue weighted by Gasteiger charge is 2.50. The summed E-state index contributed by atoms with van der Waals surface area (Å²) < 4.78 is 20.7. The molecule has 5 heterocycles. The van der Waals surface area contributed by atoms with Crippen LogP contribution >= 0.6 is 11.6 Å². The van der Waals surface area contributed by atoms with Crippen molar-refractivity contribution in [2.75, 3.05) is 36.9 Å². The lowest BCUT2D eigenvalue weighted by Crippen LogP contribution is -2.42. The number of likely N-dealkylation sites (tertiary alicyclic amines) is 1. The van der Waals surface area contributed by atoms with E-state index in [1.807, 2.05) is 17.0 Å². The van der Waals surface area contributed by atoms with Crippen LogP contribution < -0.4 is 15.5 Å². The fourth-order valence-corrected chi connectivity index (χ4v) is 5.83. The van der Waals surface area contributed by atoms with Crippen LogP contribution in [0.4, 0.5) is 20.7 Å². The summed E-state index contributed by atoms with van der Waals surface area (Å²) in [6.07, 6.45) is 5.11. The van der Waals surface area contributed by atoms with Crippen LogP contribution in [0.2, 0.25) is 5.02 Å². The lowest BCUT2D eigenvalue weighted by molar-refractivity contribution is 0.0263. The van der Waals surface area contributed by atoms with E-state index in [-0.39, 0.29) is 23.0 Å². The van der Waals surface area contributed by atoms with Crippen molar-refractivity contribution in [3.8, 4) is 0 Å². The number of aromatic nitrogens is 3. The van der Waals surface area contributed by atoms with Gasteiger partial charge in [0.1, 0.15) is 0 Å². The van der Waals surface area contributed by atoms with Crippen LogP contribution in [-0.4, -0.2) is 58.8 Å². The van der Waals surface area contributed by atoms with Crippen LogP contribution in [0.15, 0.2) is 42.7 Å². The van der Waals surface area contributed by atoms with Gasteiger partial charge in [0, 0.05) is 25.7 Å². The minimum Gasteiger partial charge on any atom is -0.436 e. The third kappa shape index (κ3) is 4.76. The second-order valence-electron chi connectivity index (χ2n) is 10.2. The van der Waals surface area contributed by atoms with Crippen molar-refractivity contribution in [3.63, 3.8) is 0 Å². The molecule has 3 aliphatic heterocycles. The molecule has 202 valence electrons. The zero-order valence-corrected chi connectivity index (χ0v) is 22.0. The fourth-order valence-electron chi connectivity index (χ4n) is 5.67. The number of rotatable bonds is 5. The van der Waals surface area contributed by atoms with Gasteiger partial charge in [0.25, 0.3) is 5.91 Å². The monoisotopic (exact) mass is 551 g/mol. The Morgan fingerprint density at radius 2 is 2.15 bits per heavy atom. The summed E-state index contributed by atoms with van der Waals surface area (Å²) in [6, 6.07) is 8.93. The molecule has 2 atom stereocenters. The number of carbonyl (C=O) groups excluding carboxylic acids is 2. The Morgan fingerprint density at radius 1 is 1.28 bits per heavy atom. The number of benzene rings is 1. The number of anilines is 2. The zero-order valence-electron chi connectivity index (χ0n) is 21.3. The Balaban J connectivity index is 1.14. The summed E-state index contributed by atoms with van der Waals surface area (Å²) in [5, 5.41) is 13.6. The van der Waals surface area contributed by atoms with Crippen LogP contribution in [0.1, 0.15) is 52.5 Å². The standard InChI is InChI=1S/C27H27ClFN7O3/c1-35-9-2-3-21(35)19-6-4-16(12-30-19)13-31-25(37)17-11-22(34-32-14-17)36-10-8-27(15-36)23-20(33-26(38)39-27)7-5-18(28)24(23)29/h4-7,11-12,14,21H,2-3,8-10,13,15H2,1H3,(H,31,37)(H,33,38)/t21-,27+/m0/s1. The minimum atomic E-state index is -1.24. The molecule has 2 N–H and O–H groups in total. The van der Waals surface area contributed by atoms with E-state index < -0.39 is 17.5 Å². The maximum atomic E-state index is 15.1. The van der Waals surface area contributed by atoms with Gasteiger partial charge in [0.05, 0.1) is 46.3 Å². The number of nitrogens with zero attached hydrogens (tertiary/aromatic N) is 5. The van der Waals surface area contributed by atoms with Crippen LogP contribution in [0.5, 0.6) is 0 Å². The van der Waals surface area contributed by atoms with Gasteiger partial charge in [0.15, 0.2) is 17.2 Å². The molecule has 39 heavy (non-hydrogen) atoms. The summed E-state index contributed by atoms with van der Waals surface area (Å²) in [5.74, 6) is -0.520. The van der Waals surface area contributed by atoms with Crippen molar-refractivity contribution < 1.29 is 18.7 Å².